The van der Waals surface area contributed by atoms with Crippen LogP contribution in [0.5, 0.6) is 0 Å². The zero-order chi connectivity index (χ0) is 9.40. The van der Waals surface area contributed by atoms with Gasteiger partial charge in [0.15, 0.2) is 0 Å². The average Bonchev–Trinajstić information content (AvgIpc) is 2.01. The number of likely N-dealkylation sites (N-methyl/N-ethyl adjacent to an activating group) is 2. The Labute approximate surface area is 75.4 Å². The van der Waals surface area contributed by atoms with Crippen LogP contribution in [0.4, 0.5) is 0 Å². The van der Waals surface area contributed by atoms with Crippen LogP contribution in [-0.4, -0.2) is 52.3 Å². The summed E-state index contributed by atoms with van der Waals surface area (Å²) in [6.45, 7) is 7.51. The fraction of sp³-hybridized carbons (Fsp3) is 0.778. The molecule has 72 valence electrons. The van der Waals surface area contributed by atoms with Crippen LogP contribution >= 0.6 is 0 Å². The standard InChI is InChI=1S/C9H20N2O/c1-9(7-10-2)8-11(3)5-6-12-4/h10H,1,5-8H2,2-4H3. The van der Waals surface area contributed by atoms with Crippen molar-refractivity contribution in [1.82, 2.24) is 10.2 Å². The molecule has 0 saturated carbocycles. The number of methoxy groups -OCH3 is 1. The molecule has 0 aliphatic carbocycles. The summed E-state index contributed by atoms with van der Waals surface area (Å²) in [5.74, 6) is 0. The van der Waals surface area contributed by atoms with E-state index in [4.69, 9.17) is 4.74 Å². The molecular weight excluding hydrogens is 152 g/mol. The third-order valence-electron chi connectivity index (χ3n) is 1.60. The van der Waals surface area contributed by atoms with E-state index >= 15 is 0 Å². The van der Waals surface area contributed by atoms with Crippen LogP contribution in [0.1, 0.15) is 0 Å². The van der Waals surface area contributed by atoms with Gasteiger partial charge in [0.05, 0.1) is 6.61 Å². The molecule has 0 aliphatic heterocycles. The van der Waals surface area contributed by atoms with E-state index in [1.807, 2.05) is 7.05 Å². The predicted octanol–water partition coefficient (Wildman–Crippen LogP) is 0.340. The summed E-state index contributed by atoms with van der Waals surface area (Å²) in [6, 6.07) is 0. The van der Waals surface area contributed by atoms with Crippen LogP contribution in [0.3, 0.4) is 0 Å². The summed E-state index contributed by atoms with van der Waals surface area (Å²) in [6.07, 6.45) is 0. The Balaban J connectivity index is 3.40. The Hall–Kier alpha value is -0.380. The normalized spacial score (nSPS) is 10.7. The summed E-state index contributed by atoms with van der Waals surface area (Å²) in [4.78, 5) is 2.20. The number of hydrogen-bond donors (Lipinski definition) is 1. The van der Waals surface area contributed by atoms with Gasteiger partial charge in [-0.25, -0.2) is 0 Å². The monoisotopic (exact) mass is 172 g/mol. The van der Waals surface area contributed by atoms with Crippen LogP contribution in [0.15, 0.2) is 12.2 Å². The minimum atomic E-state index is 0.781. The van der Waals surface area contributed by atoms with E-state index < -0.39 is 0 Å². The third-order valence-corrected chi connectivity index (χ3v) is 1.60. The van der Waals surface area contributed by atoms with Gasteiger partial charge in [0.25, 0.3) is 0 Å². The molecule has 0 amide bonds. The summed E-state index contributed by atoms with van der Waals surface area (Å²) in [5, 5.41) is 3.07. The highest BCUT2D eigenvalue weighted by Gasteiger charge is 1.99. The SMILES string of the molecule is C=C(CNC)CN(C)CCOC. The number of nitrogens with zero attached hydrogens (tertiary/aromatic N) is 1. The minimum Gasteiger partial charge on any atom is -0.383 e. The van der Waals surface area contributed by atoms with Crippen LogP contribution in [-0.2, 0) is 4.74 Å². The van der Waals surface area contributed by atoms with E-state index in [2.05, 4.69) is 23.8 Å². The van der Waals surface area contributed by atoms with Crippen molar-refractivity contribution < 1.29 is 4.74 Å². The molecule has 0 rings (SSSR count). The zero-order valence-corrected chi connectivity index (χ0v) is 8.39. The Kier molecular flexibility index (Phi) is 7.05. The molecule has 1 N–H and O–H groups in total. The molecular formula is C9H20N2O. The molecule has 0 aromatic carbocycles. The van der Waals surface area contributed by atoms with Gasteiger partial charge in [-0.2, -0.15) is 0 Å². The van der Waals surface area contributed by atoms with Crippen molar-refractivity contribution in [2.45, 2.75) is 0 Å². The van der Waals surface area contributed by atoms with Crippen LogP contribution in [0.2, 0.25) is 0 Å². The van der Waals surface area contributed by atoms with Gasteiger partial charge >= 0.3 is 0 Å². The second-order valence-corrected chi connectivity index (χ2v) is 3.01. The van der Waals surface area contributed by atoms with Crippen LogP contribution in [0, 0.1) is 0 Å². The van der Waals surface area contributed by atoms with Gasteiger partial charge in [-0.05, 0) is 19.7 Å². The predicted molar refractivity (Wildman–Crippen MR) is 52.4 cm³/mol. The largest absolute Gasteiger partial charge is 0.383 e. The fourth-order valence-corrected chi connectivity index (χ4v) is 1.01. The second kappa shape index (κ2) is 7.28. The van der Waals surface area contributed by atoms with Crippen molar-refractivity contribution in [2.24, 2.45) is 0 Å². The first-order valence-electron chi connectivity index (χ1n) is 4.19. The Morgan fingerprint density at radius 1 is 1.58 bits per heavy atom. The quantitative estimate of drug-likeness (QED) is 0.560. The first kappa shape index (κ1) is 11.6. The van der Waals surface area contributed by atoms with E-state index in [-0.39, 0.29) is 0 Å². The number of ether oxygens (including phenoxy) is 1. The average molecular weight is 172 g/mol. The Morgan fingerprint density at radius 2 is 2.25 bits per heavy atom. The van der Waals surface area contributed by atoms with Crippen molar-refractivity contribution in [3.63, 3.8) is 0 Å². The molecule has 0 heterocycles. The first-order chi connectivity index (χ1) is 5.70. The summed E-state index contributed by atoms with van der Waals surface area (Å²) >= 11 is 0. The van der Waals surface area contributed by atoms with Crippen LogP contribution in [0.25, 0.3) is 0 Å². The lowest BCUT2D eigenvalue weighted by atomic mass is 10.3. The van der Waals surface area contributed by atoms with E-state index in [9.17, 15) is 0 Å². The Bertz CT molecular complexity index is 126. The topological polar surface area (TPSA) is 24.5 Å². The Morgan fingerprint density at radius 3 is 2.75 bits per heavy atom. The van der Waals surface area contributed by atoms with Gasteiger partial charge in [0, 0.05) is 26.7 Å². The molecule has 12 heavy (non-hydrogen) atoms. The van der Waals surface area contributed by atoms with E-state index in [1.54, 1.807) is 7.11 Å². The fourth-order valence-electron chi connectivity index (χ4n) is 1.01. The highest BCUT2D eigenvalue weighted by atomic mass is 16.5. The molecule has 0 atom stereocenters. The van der Waals surface area contributed by atoms with E-state index in [1.165, 1.54) is 5.57 Å². The maximum absolute atomic E-state index is 4.97. The van der Waals surface area contributed by atoms with E-state index in [0.717, 1.165) is 26.2 Å². The van der Waals surface area contributed by atoms with Crippen LogP contribution < -0.4 is 5.32 Å². The van der Waals surface area contributed by atoms with Gasteiger partial charge < -0.3 is 15.0 Å². The molecule has 0 saturated heterocycles. The van der Waals surface area contributed by atoms with E-state index in [0.29, 0.717) is 0 Å². The van der Waals surface area contributed by atoms with Crippen molar-refractivity contribution in [2.75, 3.05) is 47.4 Å². The highest BCUT2D eigenvalue weighted by molar-refractivity contribution is 4.98. The zero-order valence-electron chi connectivity index (χ0n) is 8.39. The minimum absolute atomic E-state index is 0.781. The summed E-state index contributed by atoms with van der Waals surface area (Å²) in [7, 11) is 5.72. The smallest absolute Gasteiger partial charge is 0.0589 e. The van der Waals surface area contributed by atoms with Crippen molar-refractivity contribution in [1.29, 1.82) is 0 Å². The molecule has 0 bridgehead atoms. The molecule has 0 unspecified atom stereocenters. The molecule has 0 aliphatic rings. The van der Waals surface area contributed by atoms with Gasteiger partial charge in [0.2, 0.25) is 0 Å². The molecule has 0 fully saturated rings. The maximum Gasteiger partial charge on any atom is 0.0589 e. The molecule has 3 nitrogen and oxygen atoms in total. The van der Waals surface area contributed by atoms with Gasteiger partial charge in [-0.15, -0.1) is 0 Å². The lowest BCUT2D eigenvalue weighted by molar-refractivity contribution is 0.165. The number of rotatable bonds is 7. The lowest BCUT2D eigenvalue weighted by Crippen LogP contribution is -2.27. The first-order valence-corrected chi connectivity index (χ1v) is 4.19. The summed E-state index contributed by atoms with van der Waals surface area (Å²) in [5.41, 5.74) is 1.20. The van der Waals surface area contributed by atoms with Crippen molar-refractivity contribution in [3.05, 3.63) is 12.2 Å². The molecule has 0 radical (unpaired) electrons. The molecule has 0 aromatic rings. The van der Waals surface area contributed by atoms with Gasteiger partial charge in [0.1, 0.15) is 0 Å². The lowest BCUT2D eigenvalue weighted by Gasteiger charge is -2.17. The van der Waals surface area contributed by atoms with Crippen molar-refractivity contribution >= 4 is 0 Å². The molecule has 0 spiro atoms. The maximum atomic E-state index is 4.97. The van der Waals surface area contributed by atoms with Gasteiger partial charge in [-0.3, -0.25) is 0 Å². The molecule has 3 heteroatoms. The highest BCUT2D eigenvalue weighted by Crippen LogP contribution is 1.92. The summed E-state index contributed by atoms with van der Waals surface area (Å²) < 4.78 is 4.97. The number of nitrogens with one attached hydrogen (secondary N) is 1. The van der Waals surface area contributed by atoms with Gasteiger partial charge in [-0.1, -0.05) is 6.58 Å². The molecule has 0 aromatic heterocycles. The second-order valence-electron chi connectivity index (χ2n) is 3.01. The third kappa shape index (κ3) is 6.34. The van der Waals surface area contributed by atoms with Crippen molar-refractivity contribution in [3.8, 4) is 0 Å². The number of hydrogen-bond acceptors (Lipinski definition) is 3.